The molecule has 0 saturated carbocycles. The van der Waals surface area contributed by atoms with Crippen LogP contribution in [0.25, 0.3) is 11.4 Å². The van der Waals surface area contributed by atoms with Gasteiger partial charge in [-0.05, 0) is 36.2 Å². The van der Waals surface area contributed by atoms with E-state index in [0.717, 1.165) is 0 Å². The Morgan fingerprint density at radius 3 is 2.36 bits per heavy atom. The fourth-order valence-electron chi connectivity index (χ4n) is 3.44. The van der Waals surface area contributed by atoms with Crippen LogP contribution in [0.5, 0.6) is 17.2 Å². The van der Waals surface area contributed by atoms with Gasteiger partial charge in [0.05, 0.1) is 21.3 Å². The summed E-state index contributed by atoms with van der Waals surface area (Å²) in [6.45, 7) is 4.90. The third kappa shape index (κ3) is 5.79. The van der Waals surface area contributed by atoms with Crippen molar-refractivity contribution in [2.24, 2.45) is 5.92 Å². The summed E-state index contributed by atoms with van der Waals surface area (Å²) in [5.41, 5.74) is 0.939. The summed E-state index contributed by atoms with van der Waals surface area (Å²) >= 11 is 0. The maximum absolute atomic E-state index is 13.6. The summed E-state index contributed by atoms with van der Waals surface area (Å²) in [4.78, 5) is 19.1. The highest BCUT2D eigenvalue weighted by molar-refractivity contribution is 5.94. The van der Waals surface area contributed by atoms with Crippen molar-refractivity contribution < 1.29 is 27.9 Å². The first-order valence-electron chi connectivity index (χ1n) is 10.5. The van der Waals surface area contributed by atoms with Crippen LogP contribution < -0.4 is 14.2 Å². The number of carbonyl (C=O) groups is 1. The zero-order valence-electron chi connectivity index (χ0n) is 19.4. The fourth-order valence-corrected chi connectivity index (χ4v) is 3.44. The van der Waals surface area contributed by atoms with Crippen molar-refractivity contribution in [3.8, 4) is 28.6 Å². The number of hydrogen-bond acceptors (Lipinski definition) is 7. The highest BCUT2D eigenvalue weighted by Crippen LogP contribution is 2.40. The topological polar surface area (TPSA) is 86.9 Å². The molecule has 0 fully saturated rings. The molecule has 3 rings (SSSR count). The van der Waals surface area contributed by atoms with Gasteiger partial charge in [-0.1, -0.05) is 25.1 Å². The standard InChI is InChI=1S/C24H28FN3O5/c1-15(2)14-28(24(29)16-7-6-8-18(25)11-16)10-9-21-26-23(27-33-21)17-12-19(30-3)22(32-5)20(13-17)31-4/h6-8,11-13,15H,9-10,14H2,1-5H3. The van der Waals surface area contributed by atoms with E-state index in [0.29, 0.717) is 59.6 Å². The van der Waals surface area contributed by atoms with E-state index in [1.165, 1.54) is 39.5 Å². The van der Waals surface area contributed by atoms with Crippen molar-refractivity contribution in [3.63, 3.8) is 0 Å². The molecule has 1 heterocycles. The minimum Gasteiger partial charge on any atom is -0.493 e. The monoisotopic (exact) mass is 457 g/mol. The molecular formula is C24H28FN3O5. The molecular weight excluding hydrogens is 429 g/mol. The third-order valence-corrected chi connectivity index (χ3v) is 4.93. The molecule has 0 bridgehead atoms. The molecule has 0 spiro atoms. The number of aromatic nitrogens is 2. The smallest absolute Gasteiger partial charge is 0.253 e. The molecule has 33 heavy (non-hydrogen) atoms. The van der Waals surface area contributed by atoms with Crippen molar-refractivity contribution in [2.75, 3.05) is 34.4 Å². The molecule has 0 N–H and O–H groups in total. The van der Waals surface area contributed by atoms with E-state index in [1.54, 1.807) is 23.1 Å². The molecule has 0 aliphatic carbocycles. The zero-order chi connectivity index (χ0) is 24.0. The van der Waals surface area contributed by atoms with Crippen molar-refractivity contribution in [1.82, 2.24) is 15.0 Å². The highest BCUT2D eigenvalue weighted by Gasteiger charge is 2.20. The predicted molar refractivity (Wildman–Crippen MR) is 120 cm³/mol. The van der Waals surface area contributed by atoms with Gasteiger partial charge >= 0.3 is 0 Å². The number of hydrogen-bond donors (Lipinski definition) is 0. The Kier molecular flexibility index (Phi) is 7.87. The van der Waals surface area contributed by atoms with E-state index in [1.807, 2.05) is 13.8 Å². The Morgan fingerprint density at radius 2 is 1.79 bits per heavy atom. The fraction of sp³-hybridized carbons (Fsp3) is 0.375. The Morgan fingerprint density at radius 1 is 1.09 bits per heavy atom. The van der Waals surface area contributed by atoms with Crippen LogP contribution in [0, 0.1) is 11.7 Å². The second-order valence-electron chi connectivity index (χ2n) is 7.83. The van der Waals surface area contributed by atoms with Gasteiger partial charge in [-0.15, -0.1) is 0 Å². The summed E-state index contributed by atoms with van der Waals surface area (Å²) in [6.07, 6.45) is 0.352. The number of amides is 1. The number of rotatable bonds is 10. The Balaban J connectivity index is 1.78. The average Bonchev–Trinajstić information content (AvgIpc) is 3.29. The van der Waals surface area contributed by atoms with E-state index in [4.69, 9.17) is 18.7 Å². The molecule has 1 amide bonds. The van der Waals surface area contributed by atoms with Gasteiger partial charge in [0.25, 0.3) is 5.91 Å². The van der Waals surface area contributed by atoms with E-state index in [9.17, 15) is 9.18 Å². The minimum atomic E-state index is -0.447. The van der Waals surface area contributed by atoms with Crippen LogP contribution >= 0.6 is 0 Å². The summed E-state index contributed by atoms with van der Waals surface area (Å²) in [5, 5.41) is 4.06. The molecule has 0 atom stereocenters. The second kappa shape index (κ2) is 10.8. The lowest BCUT2D eigenvalue weighted by molar-refractivity contribution is 0.0734. The van der Waals surface area contributed by atoms with Crippen LogP contribution in [0.1, 0.15) is 30.1 Å². The Labute approximate surface area is 192 Å². The van der Waals surface area contributed by atoms with Crippen molar-refractivity contribution in [2.45, 2.75) is 20.3 Å². The first-order chi connectivity index (χ1) is 15.9. The summed E-state index contributed by atoms with van der Waals surface area (Å²) in [6, 6.07) is 9.15. The van der Waals surface area contributed by atoms with Gasteiger partial charge in [0.2, 0.25) is 17.5 Å². The van der Waals surface area contributed by atoms with Crippen LogP contribution in [-0.4, -0.2) is 55.4 Å². The maximum atomic E-state index is 13.6. The van der Waals surface area contributed by atoms with E-state index < -0.39 is 5.82 Å². The van der Waals surface area contributed by atoms with E-state index in [-0.39, 0.29) is 11.8 Å². The lowest BCUT2D eigenvalue weighted by Gasteiger charge is -2.24. The lowest BCUT2D eigenvalue weighted by Crippen LogP contribution is -2.36. The molecule has 1 aromatic heterocycles. The second-order valence-corrected chi connectivity index (χ2v) is 7.83. The van der Waals surface area contributed by atoms with Gasteiger partial charge in [0, 0.05) is 30.6 Å². The molecule has 0 radical (unpaired) electrons. The largest absolute Gasteiger partial charge is 0.493 e. The van der Waals surface area contributed by atoms with Crippen molar-refractivity contribution in [3.05, 3.63) is 53.7 Å². The molecule has 9 heteroatoms. The Hall–Kier alpha value is -3.62. The van der Waals surface area contributed by atoms with Gasteiger partial charge in [-0.2, -0.15) is 4.98 Å². The number of methoxy groups -OCH3 is 3. The molecule has 8 nitrogen and oxygen atoms in total. The van der Waals surface area contributed by atoms with E-state index >= 15 is 0 Å². The van der Waals surface area contributed by atoms with Gasteiger partial charge in [-0.3, -0.25) is 4.79 Å². The van der Waals surface area contributed by atoms with Gasteiger partial charge in [0.1, 0.15) is 5.82 Å². The summed E-state index contributed by atoms with van der Waals surface area (Å²) < 4.78 is 35.1. The molecule has 0 saturated heterocycles. The van der Waals surface area contributed by atoms with Crippen LogP contribution in [-0.2, 0) is 6.42 Å². The molecule has 176 valence electrons. The van der Waals surface area contributed by atoms with E-state index in [2.05, 4.69) is 10.1 Å². The number of benzene rings is 2. The molecule has 0 unspecified atom stereocenters. The molecule has 0 aliphatic rings. The average molecular weight is 458 g/mol. The first-order valence-corrected chi connectivity index (χ1v) is 10.5. The van der Waals surface area contributed by atoms with Gasteiger partial charge < -0.3 is 23.6 Å². The quantitative estimate of drug-likeness (QED) is 0.450. The third-order valence-electron chi connectivity index (χ3n) is 4.93. The van der Waals surface area contributed by atoms with Crippen LogP contribution in [0.2, 0.25) is 0 Å². The first kappa shape index (κ1) is 24.0. The number of ether oxygens (including phenoxy) is 3. The highest BCUT2D eigenvalue weighted by atomic mass is 19.1. The Bertz CT molecular complexity index is 1070. The predicted octanol–water partition coefficient (Wildman–Crippen LogP) is 4.24. The van der Waals surface area contributed by atoms with Crippen molar-refractivity contribution in [1.29, 1.82) is 0 Å². The number of halogens is 1. The minimum absolute atomic E-state index is 0.236. The number of carbonyl (C=O) groups excluding carboxylic acids is 1. The van der Waals surface area contributed by atoms with Gasteiger partial charge in [-0.25, -0.2) is 4.39 Å². The van der Waals surface area contributed by atoms with Crippen LogP contribution in [0.4, 0.5) is 4.39 Å². The molecule has 2 aromatic carbocycles. The van der Waals surface area contributed by atoms with Crippen molar-refractivity contribution >= 4 is 5.91 Å². The van der Waals surface area contributed by atoms with Crippen LogP contribution in [0.15, 0.2) is 40.9 Å². The summed E-state index contributed by atoms with van der Waals surface area (Å²) in [7, 11) is 4.59. The zero-order valence-corrected chi connectivity index (χ0v) is 19.4. The SMILES string of the molecule is COc1cc(-c2noc(CCN(CC(C)C)C(=O)c3cccc(F)c3)n2)cc(OC)c1OC. The molecule has 0 aliphatic heterocycles. The normalized spacial score (nSPS) is 10.9. The van der Waals surface area contributed by atoms with Crippen LogP contribution in [0.3, 0.4) is 0 Å². The maximum Gasteiger partial charge on any atom is 0.253 e. The van der Waals surface area contributed by atoms with Gasteiger partial charge in [0.15, 0.2) is 11.5 Å². The molecule has 3 aromatic rings. The lowest BCUT2D eigenvalue weighted by atomic mass is 10.1. The number of nitrogens with zero attached hydrogens (tertiary/aromatic N) is 3. The summed E-state index contributed by atoms with van der Waals surface area (Å²) in [5.74, 6) is 1.69.